The van der Waals surface area contributed by atoms with Gasteiger partial charge in [0, 0.05) is 15.8 Å². The fourth-order valence-corrected chi connectivity index (χ4v) is 3.12. The van der Waals surface area contributed by atoms with Crippen LogP contribution in [0.1, 0.15) is 12.5 Å². The van der Waals surface area contributed by atoms with Gasteiger partial charge in [0.2, 0.25) is 0 Å². The second kappa shape index (κ2) is 4.24. The molecule has 0 amide bonds. The second-order valence-electron chi connectivity index (χ2n) is 4.13. The first-order valence-electron chi connectivity index (χ1n) is 5.66. The Balaban J connectivity index is 2.11. The van der Waals surface area contributed by atoms with E-state index in [9.17, 15) is 0 Å². The zero-order valence-corrected chi connectivity index (χ0v) is 11.2. The van der Waals surface area contributed by atoms with Gasteiger partial charge < -0.3 is 4.98 Å². The lowest BCUT2D eigenvalue weighted by Gasteiger charge is -1.91. The lowest BCUT2D eigenvalue weighted by Crippen LogP contribution is -1.72. The highest BCUT2D eigenvalue weighted by molar-refractivity contribution is 7.80. The van der Waals surface area contributed by atoms with E-state index in [0.717, 1.165) is 16.8 Å². The second-order valence-corrected chi connectivity index (χ2v) is 5.55. The van der Waals surface area contributed by atoms with Crippen LogP contribution in [0, 0.1) is 0 Å². The van der Waals surface area contributed by atoms with Crippen molar-refractivity contribution in [3.8, 4) is 10.6 Å². The highest BCUT2D eigenvalue weighted by Crippen LogP contribution is 2.30. The molecule has 1 aromatic carbocycles. The molecule has 0 atom stereocenters. The van der Waals surface area contributed by atoms with Crippen molar-refractivity contribution in [1.82, 2.24) is 4.98 Å². The summed E-state index contributed by atoms with van der Waals surface area (Å²) in [5, 5.41) is 3.47. The Bertz CT molecular complexity index is 664. The predicted octanol–water partition coefficient (Wildman–Crippen LogP) is 4.75. The van der Waals surface area contributed by atoms with Crippen LogP contribution < -0.4 is 0 Å². The van der Waals surface area contributed by atoms with Gasteiger partial charge in [0.05, 0.1) is 10.6 Å². The summed E-state index contributed by atoms with van der Waals surface area (Å²) in [4.78, 5) is 5.75. The molecule has 1 N–H and O–H groups in total. The van der Waals surface area contributed by atoms with E-state index >= 15 is 0 Å². The van der Waals surface area contributed by atoms with Crippen molar-refractivity contribution in [2.75, 3.05) is 0 Å². The van der Waals surface area contributed by atoms with E-state index in [2.05, 4.69) is 54.2 Å². The maximum absolute atomic E-state index is 4.36. The van der Waals surface area contributed by atoms with Crippen molar-refractivity contribution < 1.29 is 0 Å². The van der Waals surface area contributed by atoms with E-state index in [1.54, 1.807) is 11.3 Å². The number of aryl methyl sites for hydroxylation is 1. The molecule has 86 valence electrons. The third-order valence-corrected chi connectivity index (χ3v) is 4.22. The summed E-state index contributed by atoms with van der Waals surface area (Å²) < 4.78 is 0. The molecular weight excluding hydrogens is 246 g/mol. The molecule has 1 nitrogen and oxygen atoms in total. The number of H-pyrrole nitrogens is 1. The van der Waals surface area contributed by atoms with Crippen molar-refractivity contribution in [3.05, 3.63) is 41.3 Å². The monoisotopic (exact) mass is 259 g/mol. The molecule has 0 aliphatic rings. The lowest BCUT2D eigenvalue weighted by molar-refractivity contribution is 1.16. The summed E-state index contributed by atoms with van der Waals surface area (Å²) in [6.07, 6.45) is 1.09. The Morgan fingerprint density at radius 3 is 2.88 bits per heavy atom. The number of rotatable bonds is 2. The number of thiophene rings is 1. The van der Waals surface area contributed by atoms with Gasteiger partial charge >= 0.3 is 0 Å². The minimum atomic E-state index is 0.992. The highest BCUT2D eigenvalue weighted by atomic mass is 32.1. The van der Waals surface area contributed by atoms with Crippen molar-refractivity contribution >= 4 is 34.9 Å². The summed E-state index contributed by atoms with van der Waals surface area (Å²) in [5.74, 6) is 0. The molecule has 0 fully saturated rings. The fraction of sp³-hybridized carbons (Fsp3) is 0.143. The van der Waals surface area contributed by atoms with Gasteiger partial charge in [-0.25, -0.2) is 0 Å². The average molecular weight is 259 g/mol. The summed E-state index contributed by atoms with van der Waals surface area (Å²) in [5.41, 5.74) is 3.75. The van der Waals surface area contributed by atoms with E-state index in [-0.39, 0.29) is 0 Å². The van der Waals surface area contributed by atoms with Gasteiger partial charge in [-0.3, -0.25) is 0 Å². The summed E-state index contributed by atoms with van der Waals surface area (Å²) in [7, 11) is 0. The molecule has 0 aliphatic heterocycles. The Labute approximate surface area is 110 Å². The van der Waals surface area contributed by atoms with E-state index in [1.807, 2.05) is 6.07 Å². The number of nitrogens with one attached hydrogen (secondary N) is 1. The van der Waals surface area contributed by atoms with Crippen LogP contribution in [-0.4, -0.2) is 4.98 Å². The van der Waals surface area contributed by atoms with Crippen molar-refractivity contribution in [2.45, 2.75) is 18.2 Å². The number of hydrogen-bond donors (Lipinski definition) is 2. The molecule has 3 heteroatoms. The van der Waals surface area contributed by atoms with Gasteiger partial charge in [-0.1, -0.05) is 13.0 Å². The number of aromatic amines is 1. The van der Waals surface area contributed by atoms with E-state index in [1.165, 1.54) is 21.5 Å². The van der Waals surface area contributed by atoms with Gasteiger partial charge in [-0.05, 0) is 41.6 Å². The fourth-order valence-electron chi connectivity index (χ4n) is 1.95. The molecule has 2 aromatic heterocycles. The number of benzene rings is 1. The zero-order chi connectivity index (χ0) is 11.8. The smallest absolute Gasteiger partial charge is 0.0566 e. The predicted molar refractivity (Wildman–Crippen MR) is 78.2 cm³/mol. The minimum absolute atomic E-state index is 0.992. The number of thiol groups is 1. The highest BCUT2D eigenvalue weighted by Gasteiger charge is 2.05. The zero-order valence-electron chi connectivity index (χ0n) is 9.53. The minimum Gasteiger partial charge on any atom is -0.354 e. The topological polar surface area (TPSA) is 15.8 Å². The summed E-state index contributed by atoms with van der Waals surface area (Å²) in [6, 6.07) is 10.7. The third kappa shape index (κ3) is 2.01. The van der Waals surface area contributed by atoms with Crippen LogP contribution in [0.2, 0.25) is 0 Å². The molecule has 0 unspecified atom stereocenters. The standard InChI is InChI=1S/C14H13NS2/c1-2-9-5-14(17-8-9)13-6-10-3-4-11(16)7-12(10)15-13/h3-8,15-16H,2H2,1H3. The number of hydrogen-bond acceptors (Lipinski definition) is 2. The normalized spacial score (nSPS) is 11.2. The van der Waals surface area contributed by atoms with Crippen molar-refractivity contribution in [1.29, 1.82) is 0 Å². The Hall–Kier alpha value is -1.19. The molecule has 3 aromatic rings. The summed E-state index contributed by atoms with van der Waals surface area (Å²) >= 11 is 6.16. The Kier molecular flexibility index (Phi) is 2.73. The SMILES string of the molecule is CCc1csc(-c2cc3ccc(S)cc3[nH]2)c1. The first-order valence-corrected chi connectivity index (χ1v) is 6.98. The quantitative estimate of drug-likeness (QED) is 0.618. The van der Waals surface area contributed by atoms with Gasteiger partial charge in [-0.15, -0.1) is 24.0 Å². The lowest BCUT2D eigenvalue weighted by atomic mass is 10.2. The molecule has 0 bridgehead atoms. The van der Waals surface area contributed by atoms with Crippen molar-refractivity contribution in [2.24, 2.45) is 0 Å². The Morgan fingerprint density at radius 2 is 2.12 bits per heavy atom. The molecule has 0 saturated carbocycles. The molecule has 0 radical (unpaired) electrons. The van der Waals surface area contributed by atoms with Crippen LogP contribution in [0.25, 0.3) is 21.5 Å². The van der Waals surface area contributed by atoms with Crippen LogP contribution in [0.4, 0.5) is 0 Å². The molecule has 0 aliphatic carbocycles. The summed E-state index contributed by atoms with van der Waals surface area (Å²) in [6.45, 7) is 2.18. The van der Waals surface area contributed by atoms with E-state index in [4.69, 9.17) is 0 Å². The maximum atomic E-state index is 4.36. The first kappa shape index (κ1) is 10.9. The van der Waals surface area contributed by atoms with E-state index in [0.29, 0.717) is 0 Å². The molecule has 2 heterocycles. The van der Waals surface area contributed by atoms with E-state index < -0.39 is 0 Å². The van der Waals surface area contributed by atoms with Crippen LogP contribution in [-0.2, 0) is 6.42 Å². The van der Waals surface area contributed by atoms with Crippen LogP contribution in [0.5, 0.6) is 0 Å². The maximum Gasteiger partial charge on any atom is 0.0566 e. The Morgan fingerprint density at radius 1 is 1.24 bits per heavy atom. The van der Waals surface area contributed by atoms with Gasteiger partial charge in [0.1, 0.15) is 0 Å². The van der Waals surface area contributed by atoms with Gasteiger partial charge in [-0.2, -0.15) is 0 Å². The molecule has 17 heavy (non-hydrogen) atoms. The molecule has 3 rings (SSSR count). The van der Waals surface area contributed by atoms with Gasteiger partial charge in [0.15, 0.2) is 0 Å². The average Bonchev–Trinajstić information content (AvgIpc) is 2.93. The van der Waals surface area contributed by atoms with Crippen LogP contribution in [0.3, 0.4) is 0 Å². The van der Waals surface area contributed by atoms with Crippen molar-refractivity contribution in [3.63, 3.8) is 0 Å². The third-order valence-electron chi connectivity index (χ3n) is 2.93. The number of aromatic nitrogens is 1. The molecular formula is C14H13NS2. The van der Waals surface area contributed by atoms with Crippen LogP contribution in [0.15, 0.2) is 40.6 Å². The molecule has 0 spiro atoms. The van der Waals surface area contributed by atoms with Crippen LogP contribution >= 0.6 is 24.0 Å². The first-order chi connectivity index (χ1) is 8.26. The molecule has 0 saturated heterocycles. The number of fused-ring (bicyclic) bond motifs is 1. The van der Waals surface area contributed by atoms with Gasteiger partial charge in [0.25, 0.3) is 0 Å². The largest absolute Gasteiger partial charge is 0.354 e.